The predicted octanol–water partition coefficient (Wildman–Crippen LogP) is 0.575. The Hall–Kier alpha value is -1.63. The topological polar surface area (TPSA) is 99.1 Å². The molecule has 20 heavy (non-hydrogen) atoms. The first-order valence-electron chi connectivity index (χ1n) is 6.51. The van der Waals surface area contributed by atoms with Gasteiger partial charge in [0, 0.05) is 13.0 Å². The summed E-state index contributed by atoms with van der Waals surface area (Å²) in [5.41, 5.74) is 0. The summed E-state index contributed by atoms with van der Waals surface area (Å²) in [6.07, 6.45) is -0.0273. The molecule has 0 heterocycles. The first-order chi connectivity index (χ1) is 9.42. The average molecular weight is 290 g/mol. The Labute approximate surface area is 118 Å². The van der Waals surface area contributed by atoms with Gasteiger partial charge in [-0.3, -0.25) is 4.79 Å². The molecule has 0 aromatic rings. The molecule has 116 valence electrons. The fourth-order valence-corrected chi connectivity index (χ4v) is 1.35. The van der Waals surface area contributed by atoms with Crippen molar-refractivity contribution in [3.8, 4) is 0 Å². The summed E-state index contributed by atoms with van der Waals surface area (Å²) in [4.78, 5) is 34.0. The van der Waals surface area contributed by atoms with Crippen LogP contribution < -0.4 is 0 Å². The van der Waals surface area contributed by atoms with Crippen LogP contribution >= 0.6 is 0 Å². The number of carbonyl (C=O) groups is 3. The van der Waals surface area contributed by atoms with Crippen molar-refractivity contribution in [1.29, 1.82) is 0 Å². The summed E-state index contributed by atoms with van der Waals surface area (Å²) < 4.78 is 14.1. The van der Waals surface area contributed by atoms with E-state index < -0.39 is 30.1 Å². The molecule has 0 spiro atoms. The van der Waals surface area contributed by atoms with E-state index in [1.807, 2.05) is 0 Å². The maximum absolute atomic E-state index is 11.5. The zero-order chi connectivity index (χ0) is 15.5. The van der Waals surface area contributed by atoms with Crippen molar-refractivity contribution < 1.29 is 33.7 Å². The normalized spacial score (nSPS) is 13.2. The lowest BCUT2D eigenvalue weighted by atomic mass is 10.2. The first-order valence-corrected chi connectivity index (χ1v) is 6.51. The number of rotatable bonds is 9. The molecule has 2 atom stereocenters. The van der Waals surface area contributed by atoms with Gasteiger partial charge in [0.15, 0.2) is 12.2 Å². The molecule has 0 rings (SSSR count). The molecular weight excluding hydrogens is 268 g/mol. The van der Waals surface area contributed by atoms with Crippen molar-refractivity contribution in [2.24, 2.45) is 0 Å². The van der Waals surface area contributed by atoms with Crippen LogP contribution in [-0.2, 0) is 28.6 Å². The largest absolute Gasteiger partial charge is 0.466 e. The molecule has 0 aromatic heterocycles. The highest BCUT2D eigenvalue weighted by Gasteiger charge is 2.24. The Morgan fingerprint density at radius 1 is 0.950 bits per heavy atom. The van der Waals surface area contributed by atoms with E-state index in [0.29, 0.717) is 19.3 Å². The smallest absolute Gasteiger partial charge is 0.347 e. The third-order valence-corrected chi connectivity index (χ3v) is 2.51. The van der Waals surface area contributed by atoms with E-state index in [9.17, 15) is 14.4 Å². The molecule has 7 heteroatoms. The summed E-state index contributed by atoms with van der Waals surface area (Å²) in [7, 11) is 1.18. The number of hydrogen-bond donors (Lipinski definition) is 1. The third-order valence-electron chi connectivity index (χ3n) is 2.51. The zero-order valence-corrected chi connectivity index (χ0v) is 12.1. The van der Waals surface area contributed by atoms with Crippen LogP contribution in [0.15, 0.2) is 0 Å². The molecule has 7 nitrogen and oxygen atoms in total. The van der Waals surface area contributed by atoms with Crippen LogP contribution in [0.25, 0.3) is 0 Å². The fourth-order valence-electron chi connectivity index (χ4n) is 1.35. The van der Waals surface area contributed by atoms with Gasteiger partial charge in [-0.1, -0.05) is 6.42 Å². The number of aliphatic hydroxyl groups excluding tert-OH is 1. The lowest BCUT2D eigenvalue weighted by molar-refractivity contribution is -0.175. The Morgan fingerprint density at radius 3 is 2.10 bits per heavy atom. The Bertz CT molecular complexity index is 327. The summed E-state index contributed by atoms with van der Waals surface area (Å²) in [5.74, 6) is -1.99. The van der Waals surface area contributed by atoms with Crippen LogP contribution in [-0.4, -0.2) is 48.9 Å². The SMILES string of the molecule is COC(=O)C(C)OC(=O)C(C)OC(=O)CCCCCO. The van der Waals surface area contributed by atoms with Gasteiger partial charge >= 0.3 is 17.9 Å². The van der Waals surface area contributed by atoms with Gasteiger partial charge < -0.3 is 19.3 Å². The maximum atomic E-state index is 11.5. The number of carbonyl (C=O) groups excluding carboxylic acids is 3. The molecule has 0 aromatic carbocycles. The summed E-state index contributed by atoms with van der Waals surface area (Å²) >= 11 is 0. The van der Waals surface area contributed by atoms with Crippen LogP contribution in [0.1, 0.15) is 39.5 Å². The van der Waals surface area contributed by atoms with Gasteiger partial charge in [-0.2, -0.15) is 0 Å². The lowest BCUT2D eigenvalue weighted by Gasteiger charge is -2.15. The minimum absolute atomic E-state index is 0.0865. The standard InChI is InChI=1S/C13H22O7/c1-9(12(16)18-3)20-13(17)10(2)19-11(15)7-5-4-6-8-14/h9-10,14H,4-8H2,1-3H3. The molecule has 2 unspecified atom stereocenters. The second kappa shape index (κ2) is 10.2. The molecule has 0 bridgehead atoms. The first kappa shape index (κ1) is 18.4. The summed E-state index contributed by atoms with van der Waals surface area (Å²) in [6.45, 7) is 2.83. The molecule has 1 N–H and O–H groups in total. The van der Waals surface area contributed by atoms with E-state index in [1.165, 1.54) is 21.0 Å². The molecule has 0 aliphatic heterocycles. The van der Waals surface area contributed by atoms with Crippen molar-refractivity contribution in [3.63, 3.8) is 0 Å². The van der Waals surface area contributed by atoms with Crippen molar-refractivity contribution in [1.82, 2.24) is 0 Å². The molecule has 0 fully saturated rings. The molecular formula is C13H22O7. The van der Waals surface area contributed by atoms with E-state index in [4.69, 9.17) is 14.6 Å². The minimum Gasteiger partial charge on any atom is -0.466 e. The number of unbranched alkanes of at least 4 members (excludes halogenated alkanes) is 2. The number of esters is 3. The van der Waals surface area contributed by atoms with Gasteiger partial charge in [0.05, 0.1) is 7.11 Å². The van der Waals surface area contributed by atoms with Crippen molar-refractivity contribution in [3.05, 3.63) is 0 Å². The number of aliphatic hydroxyl groups is 1. The van der Waals surface area contributed by atoms with E-state index >= 15 is 0 Å². The van der Waals surface area contributed by atoms with Crippen LogP contribution in [0.5, 0.6) is 0 Å². The van der Waals surface area contributed by atoms with Gasteiger partial charge in [-0.05, 0) is 26.7 Å². The van der Waals surface area contributed by atoms with Gasteiger partial charge in [0.2, 0.25) is 0 Å². The number of methoxy groups -OCH3 is 1. The summed E-state index contributed by atoms with van der Waals surface area (Å²) in [5, 5.41) is 8.58. The van der Waals surface area contributed by atoms with Gasteiger partial charge in [-0.15, -0.1) is 0 Å². The monoisotopic (exact) mass is 290 g/mol. The predicted molar refractivity (Wildman–Crippen MR) is 68.7 cm³/mol. The quantitative estimate of drug-likeness (QED) is 0.376. The molecule has 0 saturated carbocycles. The number of ether oxygens (including phenoxy) is 3. The Balaban J connectivity index is 4.00. The Morgan fingerprint density at radius 2 is 1.55 bits per heavy atom. The molecule has 0 saturated heterocycles. The average Bonchev–Trinajstić information content (AvgIpc) is 2.42. The van der Waals surface area contributed by atoms with E-state index in [2.05, 4.69) is 4.74 Å². The van der Waals surface area contributed by atoms with Crippen LogP contribution in [0.3, 0.4) is 0 Å². The highest BCUT2D eigenvalue weighted by atomic mass is 16.6. The minimum atomic E-state index is -1.08. The lowest BCUT2D eigenvalue weighted by Crippen LogP contribution is -2.32. The van der Waals surface area contributed by atoms with Crippen molar-refractivity contribution >= 4 is 17.9 Å². The maximum Gasteiger partial charge on any atom is 0.347 e. The Kier molecular flexibility index (Phi) is 9.36. The van der Waals surface area contributed by atoms with Crippen LogP contribution in [0, 0.1) is 0 Å². The van der Waals surface area contributed by atoms with Gasteiger partial charge in [-0.25, -0.2) is 9.59 Å². The van der Waals surface area contributed by atoms with Crippen molar-refractivity contribution in [2.45, 2.75) is 51.7 Å². The molecule has 0 amide bonds. The van der Waals surface area contributed by atoms with Crippen LogP contribution in [0.2, 0.25) is 0 Å². The highest BCUT2D eigenvalue weighted by Crippen LogP contribution is 2.05. The zero-order valence-electron chi connectivity index (χ0n) is 12.1. The van der Waals surface area contributed by atoms with Crippen molar-refractivity contribution in [2.75, 3.05) is 13.7 Å². The second-order valence-corrected chi connectivity index (χ2v) is 4.27. The van der Waals surface area contributed by atoms with Gasteiger partial charge in [0.25, 0.3) is 0 Å². The molecule has 0 aliphatic rings. The number of hydrogen-bond acceptors (Lipinski definition) is 7. The summed E-state index contributed by atoms with van der Waals surface area (Å²) in [6, 6.07) is 0. The van der Waals surface area contributed by atoms with E-state index in [-0.39, 0.29) is 13.0 Å². The molecule has 0 aliphatic carbocycles. The third kappa shape index (κ3) is 7.73. The van der Waals surface area contributed by atoms with Crippen LogP contribution in [0.4, 0.5) is 0 Å². The highest BCUT2D eigenvalue weighted by molar-refractivity contribution is 5.82. The van der Waals surface area contributed by atoms with E-state index in [1.54, 1.807) is 0 Å². The fraction of sp³-hybridized carbons (Fsp3) is 0.769. The molecule has 0 radical (unpaired) electrons. The van der Waals surface area contributed by atoms with Gasteiger partial charge in [0.1, 0.15) is 0 Å². The van der Waals surface area contributed by atoms with E-state index in [0.717, 1.165) is 0 Å². The second-order valence-electron chi connectivity index (χ2n) is 4.27.